The van der Waals surface area contributed by atoms with Crippen molar-refractivity contribution in [1.82, 2.24) is 10.2 Å². The Kier molecular flexibility index (Phi) is 4.28. The quantitative estimate of drug-likeness (QED) is 0.896. The molecule has 1 heterocycles. The van der Waals surface area contributed by atoms with Crippen LogP contribution in [-0.4, -0.2) is 41.6 Å². The minimum Gasteiger partial charge on any atom is -0.481 e. The molecule has 1 saturated carbocycles. The van der Waals surface area contributed by atoms with Gasteiger partial charge in [-0.2, -0.15) is 0 Å². The van der Waals surface area contributed by atoms with E-state index in [9.17, 15) is 14.7 Å². The lowest BCUT2D eigenvalue weighted by Crippen LogP contribution is -2.42. The van der Waals surface area contributed by atoms with Crippen molar-refractivity contribution in [3.63, 3.8) is 0 Å². The number of nitrogens with one attached hydrogen (secondary N) is 1. The summed E-state index contributed by atoms with van der Waals surface area (Å²) in [5, 5.41) is 12.5. The summed E-state index contributed by atoms with van der Waals surface area (Å²) in [5.74, 6) is -0.627. The molecule has 0 unspecified atom stereocenters. The van der Waals surface area contributed by atoms with Gasteiger partial charge in [0.05, 0.1) is 5.41 Å². The molecule has 1 aromatic rings. The number of carboxylic acids is 1. The molecular formula is C18H24N2O3. The summed E-state index contributed by atoms with van der Waals surface area (Å²) in [6.07, 6.45) is 3.36. The van der Waals surface area contributed by atoms with Crippen LogP contribution in [0.15, 0.2) is 24.3 Å². The molecular weight excluding hydrogens is 292 g/mol. The molecule has 2 N–H and O–H groups in total. The maximum atomic E-state index is 12.3. The molecule has 0 radical (unpaired) electrons. The fraction of sp³-hybridized carbons (Fsp3) is 0.556. The first-order valence-corrected chi connectivity index (χ1v) is 8.33. The normalized spacial score (nSPS) is 26.1. The van der Waals surface area contributed by atoms with Crippen LogP contribution in [0, 0.1) is 18.3 Å². The number of rotatable bonds is 4. The zero-order valence-electron chi connectivity index (χ0n) is 13.5. The lowest BCUT2D eigenvalue weighted by atomic mass is 9.81. The Hall–Kier alpha value is -2.04. The smallest absolute Gasteiger partial charge is 0.317 e. The van der Waals surface area contributed by atoms with E-state index in [2.05, 4.69) is 24.4 Å². The molecule has 124 valence electrons. The molecule has 0 aromatic heterocycles. The van der Waals surface area contributed by atoms with Crippen molar-refractivity contribution in [2.45, 2.75) is 32.6 Å². The van der Waals surface area contributed by atoms with E-state index in [1.807, 2.05) is 12.1 Å². The SMILES string of the molecule is Cc1ccccc1CCNC(=O)N1C[C@@H]2CCC[C@@]2(C(=O)O)C1. The predicted octanol–water partition coefficient (Wildman–Crippen LogP) is 2.43. The van der Waals surface area contributed by atoms with Gasteiger partial charge < -0.3 is 15.3 Å². The Morgan fingerprint density at radius 1 is 1.39 bits per heavy atom. The van der Waals surface area contributed by atoms with Crippen molar-refractivity contribution in [1.29, 1.82) is 0 Å². The highest BCUT2D eigenvalue weighted by Gasteiger charge is 2.55. The second-order valence-electron chi connectivity index (χ2n) is 6.84. The molecule has 23 heavy (non-hydrogen) atoms. The number of fused-ring (bicyclic) bond motifs is 1. The summed E-state index contributed by atoms with van der Waals surface area (Å²) in [5.41, 5.74) is 1.75. The molecule has 0 bridgehead atoms. The number of carboxylic acid groups (broad SMARTS) is 1. The summed E-state index contributed by atoms with van der Waals surface area (Å²) >= 11 is 0. The fourth-order valence-electron chi connectivity index (χ4n) is 4.10. The number of hydrogen-bond acceptors (Lipinski definition) is 2. The Labute approximate surface area is 136 Å². The number of aliphatic carboxylic acids is 1. The molecule has 1 aromatic carbocycles. The van der Waals surface area contributed by atoms with E-state index in [0.717, 1.165) is 19.3 Å². The van der Waals surface area contributed by atoms with Gasteiger partial charge in [0, 0.05) is 19.6 Å². The molecule has 5 nitrogen and oxygen atoms in total. The maximum absolute atomic E-state index is 12.3. The number of hydrogen-bond donors (Lipinski definition) is 2. The van der Waals surface area contributed by atoms with E-state index in [1.165, 1.54) is 11.1 Å². The number of urea groups is 1. The summed E-state index contributed by atoms with van der Waals surface area (Å²) in [4.78, 5) is 25.7. The summed E-state index contributed by atoms with van der Waals surface area (Å²) in [7, 11) is 0. The van der Waals surface area contributed by atoms with Gasteiger partial charge in [0.1, 0.15) is 0 Å². The molecule has 0 spiro atoms. The molecule has 1 aliphatic heterocycles. The van der Waals surface area contributed by atoms with Crippen molar-refractivity contribution >= 4 is 12.0 Å². The number of carbonyl (C=O) groups is 2. The van der Waals surface area contributed by atoms with E-state index in [4.69, 9.17) is 0 Å². The first-order chi connectivity index (χ1) is 11.0. The first kappa shape index (κ1) is 15.8. The number of nitrogens with zero attached hydrogens (tertiary/aromatic N) is 1. The highest BCUT2D eigenvalue weighted by atomic mass is 16.4. The van der Waals surface area contributed by atoms with Gasteiger partial charge >= 0.3 is 12.0 Å². The number of benzene rings is 1. The third-order valence-electron chi connectivity index (χ3n) is 5.52. The Morgan fingerprint density at radius 2 is 2.17 bits per heavy atom. The second-order valence-corrected chi connectivity index (χ2v) is 6.84. The molecule has 2 amide bonds. The van der Waals surface area contributed by atoms with Gasteiger partial charge in [0.2, 0.25) is 0 Å². The highest BCUT2D eigenvalue weighted by molar-refractivity contribution is 5.80. The molecule has 3 rings (SSSR count). The maximum Gasteiger partial charge on any atom is 0.317 e. The van der Waals surface area contributed by atoms with E-state index in [-0.39, 0.29) is 11.9 Å². The van der Waals surface area contributed by atoms with Crippen molar-refractivity contribution in [3.05, 3.63) is 35.4 Å². The van der Waals surface area contributed by atoms with Crippen LogP contribution in [0.4, 0.5) is 4.79 Å². The average molecular weight is 316 g/mol. The Bertz CT molecular complexity index is 616. The van der Waals surface area contributed by atoms with Gasteiger partial charge in [-0.1, -0.05) is 30.7 Å². The largest absolute Gasteiger partial charge is 0.481 e. The van der Waals surface area contributed by atoms with Gasteiger partial charge in [-0.25, -0.2) is 4.79 Å². The minimum absolute atomic E-state index is 0.113. The van der Waals surface area contributed by atoms with Crippen molar-refractivity contribution in [3.8, 4) is 0 Å². The van der Waals surface area contributed by atoms with E-state index in [1.54, 1.807) is 4.90 Å². The number of aryl methyl sites for hydroxylation is 1. The standard InChI is InChI=1S/C18H24N2O3/c1-13-5-2-3-6-14(13)8-10-19-17(23)20-11-15-7-4-9-18(15,12-20)16(21)22/h2-3,5-6,15H,4,7-12H2,1H3,(H,19,23)(H,21,22)/t15-,18+/m0/s1. The molecule has 2 fully saturated rings. The Morgan fingerprint density at radius 3 is 2.87 bits per heavy atom. The predicted molar refractivity (Wildman–Crippen MR) is 87.3 cm³/mol. The zero-order chi connectivity index (χ0) is 16.4. The average Bonchev–Trinajstić information content (AvgIpc) is 3.07. The van der Waals surface area contributed by atoms with Crippen LogP contribution in [-0.2, 0) is 11.2 Å². The van der Waals surface area contributed by atoms with E-state index >= 15 is 0 Å². The Balaban J connectivity index is 1.54. The lowest BCUT2D eigenvalue weighted by molar-refractivity contribution is -0.149. The van der Waals surface area contributed by atoms with Crippen LogP contribution < -0.4 is 5.32 Å². The van der Waals surface area contributed by atoms with Crippen LogP contribution in [0.1, 0.15) is 30.4 Å². The van der Waals surface area contributed by atoms with Crippen molar-refractivity contribution < 1.29 is 14.7 Å². The van der Waals surface area contributed by atoms with E-state index in [0.29, 0.717) is 26.1 Å². The van der Waals surface area contributed by atoms with Gasteiger partial charge in [-0.3, -0.25) is 4.79 Å². The second kappa shape index (κ2) is 6.22. The van der Waals surface area contributed by atoms with Crippen molar-refractivity contribution in [2.24, 2.45) is 11.3 Å². The van der Waals surface area contributed by atoms with Gasteiger partial charge in [0.25, 0.3) is 0 Å². The molecule has 1 saturated heterocycles. The molecule has 5 heteroatoms. The summed E-state index contributed by atoms with van der Waals surface area (Å²) < 4.78 is 0. The zero-order valence-corrected chi connectivity index (χ0v) is 13.5. The van der Waals surface area contributed by atoms with Crippen LogP contribution in [0.25, 0.3) is 0 Å². The topological polar surface area (TPSA) is 69.6 Å². The fourth-order valence-corrected chi connectivity index (χ4v) is 4.10. The van der Waals surface area contributed by atoms with Crippen molar-refractivity contribution in [2.75, 3.05) is 19.6 Å². The molecule has 2 atom stereocenters. The number of likely N-dealkylation sites (tertiary alicyclic amines) is 1. The highest BCUT2D eigenvalue weighted by Crippen LogP contribution is 2.48. The van der Waals surface area contributed by atoms with Gasteiger partial charge in [0.15, 0.2) is 0 Å². The third kappa shape index (κ3) is 2.92. The number of amides is 2. The molecule has 2 aliphatic rings. The van der Waals surface area contributed by atoms with E-state index < -0.39 is 11.4 Å². The summed E-state index contributed by atoms with van der Waals surface area (Å²) in [6.45, 7) is 3.56. The van der Waals surface area contributed by atoms with Crippen LogP contribution in [0.3, 0.4) is 0 Å². The van der Waals surface area contributed by atoms with Gasteiger partial charge in [-0.05, 0) is 43.2 Å². The number of carbonyl (C=O) groups excluding carboxylic acids is 1. The lowest BCUT2D eigenvalue weighted by Gasteiger charge is -2.23. The minimum atomic E-state index is -0.741. The van der Waals surface area contributed by atoms with Gasteiger partial charge in [-0.15, -0.1) is 0 Å². The third-order valence-corrected chi connectivity index (χ3v) is 5.52. The van der Waals surface area contributed by atoms with Crippen LogP contribution in [0.2, 0.25) is 0 Å². The van der Waals surface area contributed by atoms with Crippen LogP contribution >= 0.6 is 0 Å². The summed E-state index contributed by atoms with van der Waals surface area (Å²) in [6, 6.07) is 8.01. The molecule has 1 aliphatic carbocycles. The van der Waals surface area contributed by atoms with Crippen LogP contribution in [0.5, 0.6) is 0 Å². The first-order valence-electron chi connectivity index (χ1n) is 8.33. The monoisotopic (exact) mass is 316 g/mol.